The fourth-order valence-electron chi connectivity index (χ4n) is 1.89. The van der Waals surface area contributed by atoms with E-state index in [-0.39, 0.29) is 16.0 Å². The van der Waals surface area contributed by atoms with Crippen LogP contribution in [0.2, 0.25) is 0 Å². The molecule has 0 unspecified atom stereocenters. The Kier molecular flexibility index (Phi) is 5.22. The maximum Gasteiger partial charge on any atom is 0.242 e. The largest absolute Gasteiger partial charge is 0.309 e. The predicted molar refractivity (Wildman–Crippen MR) is 76.5 cm³/mol. The van der Waals surface area contributed by atoms with Crippen LogP contribution in [0.1, 0.15) is 19.5 Å². The van der Waals surface area contributed by atoms with Crippen LogP contribution in [0.3, 0.4) is 0 Å². The SMILES string of the molecule is CN(C)CC(C)(C)CNS(=O)(=O)c1ccc(C#N)nc1. The van der Waals surface area contributed by atoms with Crippen LogP contribution in [0.25, 0.3) is 0 Å². The van der Waals surface area contributed by atoms with Crippen molar-refractivity contribution in [2.75, 3.05) is 27.2 Å². The summed E-state index contributed by atoms with van der Waals surface area (Å²) < 4.78 is 26.8. The van der Waals surface area contributed by atoms with Crippen LogP contribution in [0, 0.1) is 16.7 Å². The second kappa shape index (κ2) is 6.31. The normalized spacial score (nSPS) is 12.4. The molecular formula is C13H20N4O2S. The summed E-state index contributed by atoms with van der Waals surface area (Å²) in [6, 6.07) is 4.62. The lowest BCUT2D eigenvalue weighted by atomic mass is 9.93. The number of sulfonamides is 1. The minimum Gasteiger partial charge on any atom is -0.309 e. The number of aromatic nitrogens is 1. The van der Waals surface area contributed by atoms with Gasteiger partial charge in [-0.1, -0.05) is 13.8 Å². The molecule has 0 aliphatic heterocycles. The average molecular weight is 296 g/mol. The topological polar surface area (TPSA) is 86.1 Å². The molecular weight excluding hydrogens is 276 g/mol. The third-order valence-electron chi connectivity index (χ3n) is 2.65. The van der Waals surface area contributed by atoms with Crippen LogP contribution in [0.15, 0.2) is 23.2 Å². The van der Waals surface area contributed by atoms with Gasteiger partial charge in [0.15, 0.2) is 0 Å². The van der Waals surface area contributed by atoms with E-state index in [4.69, 9.17) is 5.26 Å². The summed E-state index contributed by atoms with van der Waals surface area (Å²) in [7, 11) is 0.296. The molecule has 0 fully saturated rings. The van der Waals surface area contributed by atoms with E-state index in [9.17, 15) is 8.42 Å². The van der Waals surface area contributed by atoms with E-state index in [1.54, 1.807) is 0 Å². The molecule has 7 heteroatoms. The molecule has 0 radical (unpaired) electrons. The van der Waals surface area contributed by atoms with Gasteiger partial charge in [-0.2, -0.15) is 5.26 Å². The highest BCUT2D eigenvalue weighted by Gasteiger charge is 2.23. The number of hydrogen-bond donors (Lipinski definition) is 1. The number of nitrogens with zero attached hydrogens (tertiary/aromatic N) is 3. The van der Waals surface area contributed by atoms with E-state index >= 15 is 0 Å². The smallest absolute Gasteiger partial charge is 0.242 e. The number of nitrogens with one attached hydrogen (secondary N) is 1. The van der Waals surface area contributed by atoms with Gasteiger partial charge in [-0.3, -0.25) is 0 Å². The van der Waals surface area contributed by atoms with Crippen molar-refractivity contribution in [3.05, 3.63) is 24.0 Å². The van der Waals surface area contributed by atoms with Gasteiger partial charge in [-0.05, 0) is 31.6 Å². The van der Waals surface area contributed by atoms with Crippen molar-refractivity contribution in [2.24, 2.45) is 5.41 Å². The van der Waals surface area contributed by atoms with Crippen molar-refractivity contribution < 1.29 is 8.42 Å². The number of nitriles is 1. The average Bonchev–Trinajstić information content (AvgIpc) is 2.35. The monoisotopic (exact) mass is 296 g/mol. The van der Waals surface area contributed by atoms with Gasteiger partial charge in [-0.15, -0.1) is 0 Å². The zero-order valence-corrected chi connectivity index (χ0v) is 13.0. The Balaban J connectivity index is 2.77. The maximum absolute atomic E-state index is 12.1. The van der Waals surface area contributed by atoms with Gasteiger partial charge in [0.05, 0.1) is 0 Å². The quantitative estimate of drug-likeness (QED) is 0.840. The molecule has 6 nitrogen and oxygen atoms in total. The van der Waals surface area contributed by atoms with Crippen molar-refractivity contribution in [3.8, 4) is 6.07 Å². The summed E-state index contributed by atoms with van der Waals surface area (Å²) in [6.45, 7) is 5.08. The van der Waals surface area contributed by atoms with Crippen molar-refractivity contribution in [3.63, 3.8) is 0 Å². The van der Waals surface area contributed by atoms with Crippen LogP contribution in [-0.4, -0.2) is 45.5 Å². The summed E-state index contributed by atoms with van der Waals surface area (Å²) in [4.78, 5) is 5.85. The van der Waals surface area contributed by atoms with Crippen LogP contribution in [0.4, 0.5) is 0 Å². The summed E-state index contributed by atoms with van der Waals surface area (Å²) >= 11 is 0. The lowest BCUT2D eigenvalue weighted by Gasteiger charge is -2.28. The van der Waals surface area contributed by atoms with Gasteiger partial charge >= 0.3 is 0 Å². The van der Waals surface area contributed by atoms with E-state index < -0.39 is 10.0 Å². The molecule has 0 aromatic carbocycles. The van der Waals surface area contributed by atoms with Gasteiger partial charge in [-0.25, -0.2) is 18.1 Å². The summed E-state index contributed by atoms with van der Waals surface area (Å²) in [6.07, 6.45) is 1.19. The van der Waals surface area contributed by atoms with Crippen LogP contribution in [-0.2, 0) is 10.0 Å². The van der Waals surface area contributed by atoms with E-state index in [1.807, 2.05) is 38.9 Å². The molecule has 0 amide bonds. The summed E-state index contributed by atoms with van der Waals surface area (Å²) in [5, 5.41) is 8.64. The zero-order valence-electron chi connectivity index (χ0n) is 12.2. The van der Waals surface area contributed by atoms with E-state index in [1.165, 1.54) is 18.3 Å². The van der Waals surface area contributed by atoms with Crippen LogP contribution >= 0.6 is 0 Å². The molecule has 0 aliphatic rings. The molecule has 0 aliphatic carbocycles. The Morgan fingerprint density at radius 3 is 2.50 bits per heavy atom. The van der Waals surface area contributed by atoms with Gasteiger partial charge < -0.3 is 4.90 Å². The Hall–Kier alpha value is -1.49. The number of hydrogen-bond acceptors (Lipinski definition) is 5. The third kappa shape index (κ3) is 4.89. The second-order valence-corrected chi connectivity index (χ2v) is 7.48. The summed E-state index contributed by atoms with van der Waals surface area (Å²) in [5.74, 6) is 0. The first-order chi connectivity index (χ1) is 9.16. The lowest BCUT2D eigenvalue weighted by Crippen LogP contribution is -2.39. The summed E-state index contributed by atoms with van der Waals surface area (Å²) in [5.41, 5.74) is 0.00763. The standard InChI is InChI=1S/C13H20N4O2S/c1-13(2,10-17(3)4)9-16-20(18,19)12-6-5-11(7-14)15-8-12/h5-6,8,16H,9-10H2,1-4H3. The van der Waals surface area contributed by atoms with Gasteiger partial charge in [0, 0.05) is 19.3 Å². The molecule has 0 spiro atoms. The molecule has 0 atom stereocenters. The Morgan fingerprint density at radius 1 is 1.40 bits per heavy atom. The molecule has 0 saturated heterocycles. The highest BCUT2D eigenvalue weighted by molar-refractivity contribution is 7.89. The Morgan fingerprint density at radius 2 is 2.05 bits per heavy atom. The van der Waals surface area contributed by atoms with Crippen molar-refractivity contribution in [1.82, 2.24) is 14.6 Å². The fraction of sp³-hybridized carbons (Fsp3) is 0.538. The molecule has 20 heavy (non-hydrogen) atoms. The van der Waals surface area contributed by atoms with Crippen LogP contribution in [0.5, 0.6) is 0 Å². The Bertz CT molecular complexity index is 586. The molecule has 1 N–H and O–H groups in total. The van der Waals surface area contributed by atoms with Crippen LogP contribution < -0.4 is 4.72 Å². The van der Waals surface area contributed by atoms with Gasteiger partial charge in [0.2, 0.25) is 10.0 Å². The maximum atomic E-state index is 12.1. The van der Waals surface area contributed by atoms with Gasteiger partial charge in [0.25, 0.3) is 0 Å². The number of rotatable bonds is 6. The van der Waals surface area contributed by atoms with E-state index in [2.05, 4.69) is 9.71 Å². The second-order valence-electron chi connectivity index (χ2n) is 5.72. The Labute approximate surface area is 120 Å². The van der Waals surface area contributed by atoms with Gasteiger partial charge in [0.1, 0.15) is 16.7 Å². The zero-order chi connectivity index (χ0) is 15.4. The first-order valence-electron chi connectivity index (χ1n) is 6.17. The van der Waals surface area contributed by atoms with E-state index in [0.29, 0.717) is 6.54 Å². The number of pyridine rings is 1. The van der Waals surface area contributed by atoms with Crippen molar-refractivity contribution in [2.45, 2.75) is 18.7 Å². The highest BCUT2D eigenvalue weighted by Crippen LogP contribution is 2.16. The molecule has 1 heterocycles. The first-order valence-corrected chi connectivity index (χ1v) is 7.65. The lowest BCUT2D eigenvalue weighted by molar-refractivity contribution is 0.242. The van der Waals surface area contributed by atoms with Crippen molar-refractivity contribution in [1.29, 1.82) is 5.26 Å². The molecule has 1 aromatic heterocycles. The third-order valence-corrected chi connectivity index (χ3v) is 4.03. The first kappa shape index (κ1) is 16.6. The highest BCUT2D eigenvalue weighted by atomic mass is 32.2. The molecule has 1 aromatic rings. The predicted octanol–water partition coefficient (Wildman–Crippen LogP) is 0.819. The van der Waals surface area contributed by atoms with Crippen molar-refractivity contribution >= 4 is 10.0 Å². The molecule has 0 saturated carbocycles. The fourth-order valence-corrected chi connectivity index (χ4v) is 3.08. The van der Waals surface area contributed by atoms with E-state index in [0.717, 1.165) is 6.54 Å². The molecule has 1 rings (SSSR count). The minimum atomic E-state index is -3.59. The molecule has 110 valence electrons. The molecule has 0 bridgehead atoms. The minimum absolute atomic E-state index is 0.0668.